The minimum Gasteiger partial charge on any atom is -0.252 e. The third kappa shape index (κ3) is 8.75. The van der Waals surface area contributed by atoms with Crippen LogP contribution in [0, 0.1) is 116 Å². The zero-order valence-corrected chi connectivity index (χ0v) is 32.8. The van der Waals surface area contributed by atoms with Crippen LogP contribution in [0.5, 0.6) is 0 Å². The molecule has 0 aliphatic heterocycles. The van der Waals surface area contributed by atoms with E-state index in [1.54, 1.807) is 0 Å². The summed E-state index contributed by atoms with van der Waals surface area (Å²) in [5.74, 6) is -71.4. The fraction of sp³-hybridized carbons (Fsp3) is 0.122. The summed E-state index contributed by atoms with van der Waals surface area (Å²) in [5.41, 5.74) is -11.9. The van der Waals surface area contributed by atoms with E-state index in [0.29, 0.717) is 5.25 Å². The maximum Gasteiger partial charge on any atom is 0.223 e. The first-order valence-electron chi connectivity index (χ1n) is 17.9. The second-order valence-corrected chi connectivity index (χ2v) is 14.6. The summed E-state index contributed by atoms with van der Waals surface area (Å²) in [6.45, 7) is 2.99. The van der Waals surface area contributed by atoms with Gasteiger partial charge in [-0.15, -0.1) is 21.9 Å². The lowest BCUT2D eigenvalue weighted by Crippen LogP contribution is -2.81. The molecule has 0 amide bonds. The van der Waals surface area contributed by atoms with Crippen LogP contribution in [0.3, 0.4) is 0 Å². The van der Waals surface area contributed by atoms with Gasteiger partial charge in [-0.3, -0.25) is 4.98 Å². The van der Waals surface area contributed by atoms with E-state index in [2.05, 4.69) is 65.5 Å². The standard InChI is InChI=1S/C24BF20.C17H20N2S/c26-5-1(6(27)14(35)21(42)13(5)34)25(2-7(28)15(36)22(43)16(37)8(2)29,3-9(30)17(38)23(44)18(39)10(3)31)4-11(32)19(40)24(45)20(41)12(4)33;1-15(20)7-5-6-10-17-13-18-11-12-19(17)14-16-8-3-2-4-9-16/h;2-4,6,8-13,15H,5,7,14H2,1H3/q-1;/p+1. The molecule has 24 heteroatoms. The van der Waals surface area contributed by atoms with Crippen molar-refractivity contribution in [3.05, 3.63) is 183 Å². The molecule has 1 atom stereocenters. The fourth-order valence-corrected chi connectivity index (χ4v) is 7.03. The molecule has 6 rings (SSSR count). The molecule has 1 aromatic heterocycles. The molecule has 0 radical (unpaired) electrons. The molecule has 0 aliphatic rings. The Kier molecular flexibility index (Phi) is 15.0. The predicted molar refractivity (Wildman–Crippen MR) is 196 cm³/mol. The molecule has 0 bridgehead atoms. The Bertz CT molecular complexity index is 2460. The molecule has 1 heterocycles. The van der Waals surface area contributed by atoms with E-state index in [4.69, 9.17) is 0 Å². The minimum absolute atomic E-state index is 0.449. The number of aromatic nitrogens is 2. The summed E-state index contributed by atoms with van der Waals surface area (Å²) in [6.07, 6.45) is 5.03. The first-order valence-corrected chi connectivity index (χ1v) is 18.4. The minimum atomic E-state index is -7.22. The number of halogens is 20. The smallest absolute Gasteiger partial charge is 0.223 e. The lowest BCUT2D eigenvalue weighted by molar-refractivity contribution is -0.690. The maximum atomic E-state index is 15.4. The molecule has 0 N–H and O–H groups in total. The van der Waals surface area contributed by atoms with Crippen LogP contribution in [0.4, 0.5) is 87.8 Å². The average Bonchev–Trinajstić information content (AvgIpc) is 3.28. The van der Waals surface area contributed by atoms with E-state index in [-0.39, 0.29) is 0 Å². The van der Waals surface area contributed by atoms with Gasteiger partial charge in [0.1, 0.15) is 52.7 Å². The summed E-state index contributed by atoms with van der Waals surface area (Å²) in [7, 11) is 0. The number of benzene rings is 5. The van der Waals surface area contributed by atoms with Gasteiger partial charge in [-0.05, 0) is 18.1 Å². The van der Waals surface area contributed by atoms with Crippen LogP contribution in [-0.2, 0) is 6.54 Å². The van der Waals surface area contributed by atoms with Crippen LogP contribution >= 0.6 is 12.6 Å². The topological polar surface area (TPSA) is 16.8 Å². The molecule has 0 aliphatic carbocycles. The van der Waals surface area contributed by atoms with Gasteiger partial charge in [-0.25, -0.2) is 87.8 Å². The van der Waals surface area contributed by atoms with Crippen molar-refractivity contribution >= 4 is 46.7 Å². The quantitative estimate of drug-likeness (QED) is 0.0362. The van der Waals surface area contributed by atoms with Gasteiger partial charge in [-0.1, -0.05) is 43.3 Å². The average molecular weight is 964 g/mol. The van der Waals surface area contributed by atoms with E-state index < -0.39 is 144 Å². The van der Waals surface area contributed by atoms with Gasteiger partial charge in [0.05, 0.1) is 12.4 Å². The second-order valence-electron chi connectivity index (χ2n) is 13.7. The Labute approximate surface area is 357 Å². The Morgan fingerprint density at radius 1 is 0.492 bits per heavy atom. The Morgan fingerprint density at radius 2 is 0.800 bits per heavy atom. The molecule has 0 saturated carbocycles. The van der Waals surface area contributed by atoms with Gasteiger partial charge < -0.3 is 0 Å². The zero-order chi connectivity index (χ0) is 48.6. The predicted octanol–water partition coefficient (Wildman–Crippen LogP) is 9.38. The van der Waals surface area contributed by atoms with Gasteiger partial charge in [-0.2, -0.15) is 17.2 Å². The second kappa shape index (κ2) is 19.6. The van der Waals surface area contributed by atoms with Gasteiger partial charge in [0.25, 0.3) is 0 Å². The van der Waals surface area contributed by atoms with E-state index in [0.717, 1.165) is 25.1 Å². The first kappa shape index (κ1) is 49.9. The van der Waals surface area contributed by atoms with Gasteiger partial charge in [0, 0.05) is 11.6 Å². The highest BCUT2D eigenvalue weighted by molar-refractivity contribution is 7.80. The van der Waals surface area contributed by atoms with Crippen molar-refractivity contribution in [3.8, 4) is 0 Å². The van der Waals surface area contributed by atoms with Crippen molar-refractivity contribution in [2.24, 2.45) is 0 Å². The Hall–Kier alpha value is -6.07. The fourth-order valence-electron chi connectivity index (χ4n) is 6.88. The SMILES string of the molecule is CC(S)CCC=Cc1cncc[n+]1Cc1ccccc1.Fc1c(F)c(F)c([B-](c2c(F)c(F)c(F)c(F)c2F)(c2c(F)c(F)c(F)c(F)c2F)c2c(F)c(F)c(F)c(F)c2F)c(F)c1F. The van der Waals surface area contributed by atoms with E-state index in [1.165, 1.54) is 5.56 Å². The third-order valence-corrected chi connectivity index (χ3v) is 10.1. The molecule has 5 aromatic carbocycles. The zero-order valence-electron chi connectivity index (χ0n) is 32.0. The monoisotopic (exact) mass is 964 g/mol. The van der Waals surface area contributed by atoms with E-state index >= 15 is 35.1 Å². The molecule has 65 heavy (non-hydrogen) atoms. The summed E-state index contributed by atoms with van der Waals surface area (Å²) in [6, 6.07) is 10.5. The highest BCUT2D eigenvalue weighted by atomic mass is 32.1. The summed E-state index contributed by atoms with van der Waals surface area (Å²) < 4.78 is 296. The molecular formula is C41H21BF20N2S. The van der Waals surface area contributed by atoms with Crippen molar-refractivity contribution < 1.29 is 92.4 Å². The van der Waals surface area contributed by atoms with Crippen molar-refractivity contribution in [2.75, 3.05) is 0 Å². The summed E-state index contributed by atoms with van der Waals surface area (Å²) in [4.78, 5) is 4.21. The van der Waals surface area contributed by atoms with Crippen LogP contribution in [0.25, 0.3) is 6.08 Å². The molecule has 0 spiro atoms. The Balaban J connectivity index is 0.000000330. The summed E-state index contributed by atoms with van der Waals surface area (Å²) >= 11 is 4.39. The van der Waals surface area contributed by atoms with Crippen molar-refractivity contribution in [1.29, 1.82) is 0 Å². The largest absolute Gasteiger partial charge is 0.252 e. The molecule has 6 aromatic rings. The molecule has 1 unspecified atom stereocenters. The van der Waals surface area contributed by atoms with Crippen LogP contribution in [0.2, 0.25) is 0 Å². The molecule has 344 valence electrons. The number of hydrogen-bond acceptors (Lipinski definition) is 2. The molecule has 2 nitrogen and oxygen atoms in total. The van der Waals surface area contributed by atoms with Crippen LogP contribution in [0.1, 0.15) is 31.0 Å². The summed E-state index contributed by atoms with van der Waals surface area (Å²) in [5, 5.41) is 0.449. The maximum absolute atomic E-state index is 15.4. The van der Waals surface area contributed by atoms with Gasteiger partial charge >= 0.3 is 0 Å². The van der Waals surface area contributed by atoms with Crippen LogP contribution in [-0.4, -0.2) is 16.4 Å². The van der Waals surface area contributed by atoms with Crippen molar-refractivity contribution in [2.45, 2.75) is 31.6 Å². The lowest BCUT2D eigenvalue weighted by atomic mass is 9.12. The number of thiol groups is 1. The van der Waals surface area contributed by atoms with Crippen molar-refractivity contribution in [3.63, 3.8) is 0 Å². The van der Waals surface area contributed by atoms with Crippen LogP contribution in [0.15, 0.2) is 55.0 Å². The number of allylic oxidation sites excluding steroid dienone is 1. The van der Waals surface area contributed by atoms with Crippen LogP contribution < -0.4 is 26.4 Å². The van der Waals surface area contributed by atoms with Gasteiger partial charge in [0.2, 0.25) is 5.69 Å². The number of nitrogens with zero attached hydrogens (tertiary/aromatic N) is 2. The molecule has 0 saturated heterocycles. The van der Waals surface area contributed by atoms with E-state index in [9.17, 15) is 52.7 Å². The van der Waals surface area contributed by atoms with Gasteiger partial charge in [0.15, 0.2) is 82.5 Å². The number of rotatable bonds is 10. The first-order chi connectivity index (χ1) is 30.5. The molecular weight excluding hydrogens is 943 g/mol. The molecule has 0 fully saturated rings. The van der Waals surface area contributed by atoms with Crippen molar-refractivity contribution in [1.82, 2.24) is 4.98 Å². The number of hydrogen-bond donors (Lipinski definition) is 1. The van der Waals surface area contributed by atoms with E-state index in [1.807, 2.05) is 24.7 Å². The Morgan fingerprint density at radius 3 is 1.11 bits per heavy atom. The highest BCUT2D eigenvalue weighted by Gasteiger charge is 2.52. The normalized spacial score (nSPS) is 12.2. The lowest BCUT2D eigenvalue weighted by Gasteiger charge is -2.44. The third-order valence-electron chi connectivity index (χ3n) is 9.81. The highest BCUT2D eigenvalue weighted by Crippen LogP contribution is 2.31.